The van der Waals surface area contributed by atoms with Crippen molar-refractivity contribution in [3.8, 4) is 0 Å². The molecule has 4 heterocycles. The summed E-state index contributed by atoms with van der Waals surface area (Å²) in [5, 5.41) is 20.8. The van der Waals surface area contributed by atoms with Crippen molar-refractivity contribution in [2.45, 2.75) is 24.5 Å². The Labute approximate surface area is 142 Å². The van der Waals surface area contributed by atoms with Crippen molar-refractivity contribution >= 4 is 30.9 Å². The van der Waals surface area contributed by atoms with E-state index in [9.17, 15) is 29.5 Å². The summed E-state index contributed by atoms with van der Waals surface area (Å²) >= 11 is 0. The number of rotatable bonds is 3. The Morgan fingerprint density at radius 3 is 2.73 bits per heavy atom. The van der Waals surface area contributed by atoms with Crippen LogP contribution in [0.2, 0.25) is 0 Å². The number of nitro groups is 1. The van der Waals surface area contributed by atoms with E-state index in [1.54, 1.807) is 0 Å². The van der Waals surface area contributed by atoms with Crippen LogP contribution in [-0.4, -0.2) is 59.4 Å². The van der Waals surface area contributed by atoms with Gasteiger partial charge in [-0.2, -0.15) is 9.55 Å². The fraction of sp³-hybridized carbons (Fsp3) is 0.500. The zero-order valence-electron chi connectivity index (χ0n) is 12.6. The van der Waals surface area contributed by atoms with Gasteiger partial charge in [0.05, 0.1) is 6.61 Å². The number of nitrogens with two attached hydrogens (primary N) is 1. The van der Waals surface area contributed by atoms with Crippen molar-refractivity contribution in [1.29, 1.82) is 0 Å². The number of nitrogen functional groups attached to an aromatic ring is 1. The number of aliphatic hydroxyl groups is 1. The minimum atomic E-state index is -4.44. The number of fused-ring (bicyclic) bond motifs is 2. The largest absolute Gasteiger partial charge is 0.473 e. The van der Waals surface area contributed by atoms with Crippen molar-refractivity contribution < 1.29 is 33.3 Å². The Bertz CT molecular complexity index is 1020. The predicted molar refractivity (Wildman–Crippen MR) is 79.8 cm³/mol. The van der Waals surface area contributed by atoms with Gasteiger partial charge in [0.25, 0.3) is 11.1 Å². The van der Waals surface area contributed by atoms with Crippen LogP contribution in [0, 0.1) is 10.1 Å². The fourth-order valence-corrected chi connectivity index (χ4v) is 4.13. The van der Waals surface area contributed by atoms with Gasteiger partial charge in [0.15, 0.2) is 6.10 Å². The van der Waals surface area contributed by atoms with Crippen LogP contribution in [0.4, 0.5) is 11.9 Å². The molecule has 0 spiro atoms. The van der Waals surface area contributed by atoms with E-state index in [1.807, 2.05) is 0 Å². The number of nitrogens with zero attached hydrogens (tertiary/aromatic N) is 4. The quantitative estimate of drug-likeness (QED) is 0.264. The molecular weight excluding hydrogens is 379 g/mol. The lowest BCUT2D eigenvalue weighted by molar-refractivity contribution is -0.398. The van der Waals surface area contributed by atoms with E-state index in [-0.39, 0.29) is 17.1 Å². The molecule has 4 rings (SSSR count). The molecule has 2 unspecified atom stereocenters. The summed E-state index contributed by atoms with van der Waals surface area (Å²) in [7, 11) is -4.44. The molecule has 0 radical (unpaired) electrons. The highest BCUT2D eigenvalue weighted by atomic mass is 31.2. The highest BCUT2D eigenvalue weighted by molar-refractivity contribution is 7.47. The van der Waals surface area contributed by atoms with E-state index in [1.165, 1.54) is 0 Å². The number of phosphoric acid groups is 1. The molecule has 2 aromatic heterocycles. The van der Waals surface area contributed by atoms with E-state index < -0.39 is 55.4 Å². The lowest BCUT2D eigenvalue weighted by atomic mass is 10.1. The number of nitrogens with one attached hydrogen (secondary N) is 1. The molecule has 26 heavy (non-hydrogen) atoms. The van der Waals surface area contributed by atoms with Crippen LogP contribution in [0.3, 0.4) is 0 Å². The maximum absolute atomic E-state index is 12.0. The molecule has 140 valence electrons. The van der Waals surface area contributed by atoms with Crippen LogP contribution in [0.25, 0.3) is 11.2 Å². The number of aliphatic hydroxyl groups excluding tert-OH is 1. The molecule has 2 saturated heterocycles. The molecule has 2 aromatic rings. The lowest BCUT2D eigenvalue weighted by Crippen LogP contribution is -2.30. The van der Waals surface area contributed by atoms with Gasteiger partial charge in [0, 0.05) is 0 Å². The van der Waals surface area contributed by atoms with Crippen LogP contribution in [0.1, 0.15) is 6.23 Å². The van der Waals surface area contributed by atoms with Gasteiger partial charge in [-0.05, 0) is 4.92 Å². The van der Waals surface area contributed by atoms with Crippen molar-refractivity contribution in [2.24, 2.45) is 0 Å². The summed E-state index contributed by atoms with van der Waals surface area (Å²) in [5.41, 5.74) is 3.99. The fourth-order valence-electron chi connectivity index (χ4n) is 2.99. The second kappa shape index (κ2) is 5.54. The summed E-state index contributed by atoms with van der Waals surface area (Å²) in [6, 6.07) is 0. The first-order chi connectivity index (χ1) is 12.2. The van der Waals surface area contributed by atoms with E-state index in [0.29, 0.717) is 0 Å². The third-order valence-electron chi connectivity index (χ3n) is 3.94. The van der Waals surface area contributed by atoms with Gasteiger partial charge >= 0.3 is 13.8 Å². The van der Waals surface area contributed by atoms with Gasteiger partial charge in [-0.15, -0.1) is 0 Å². The monoisotopic (exact) mass is 390 g/mol. The average molecular weight is 390 g/mol. The number of hydrogen-bond acceptors (Lipinski definition) is 11. The molecule has 5 N–H and O–H groups in total. The van der Waals surface area contributed by atoms with Crippen molar-refractivity contribution in [3.63, 3.8) is 0 Å². The molecule has 15 nitrogen and oxygen atoms in total. The molecule has 0 aromatic carbocycles. The van der Waals surface area contributed by atoms with Gasteiger partial charge in [-0.3, -0.25) is 18.8 Å². The number of anilines is 1. The molecule has 0 aliphatic carbocycles. The number of phosphoric ester groups is 1. The zero-order chi connectivity index (χ0) is 18.8. The lowest BCUT2D eigenvalue weighted by Gasteiger charge is -2.16. The van der Waals surface area contributed by atoms with Crippen molar-refractivity contribution in [2.75, 3.05) is 12.3 Å². The first-order valence-electron chi connectivity index (χ1n) is 7.10. The second-order valence-electron chi connectivity index (χ2n) is 5.52. The van der Waals surface area contributed by atoms with Gasteiger partial charge in [0.2, 0.25) is 17.8 Å². The Kier molecular flexibility index (Phi) is 3.62. The van der Waals surface area contributed by atoms with Crippen LogP contribution in [-0.2, 0) is 18.3 Å². The molecule has 2 fully saturated rings. The molecule has 2 aliphatic heterocycles. The van der Waals surface area contributed by atoms with Crippen LogP contribution in [0.15, 0.2) is 4.79 Å². The maximum Gasteiger partial charge on any atom is 0.473 e. The van der Waals surface area contributed by atoms with Gasteiger partial charge in [0.1, 0.15) is 12.2 Å². The summed E-state index contributed by atoms with van der Waals surface area (Å²) in [5.74, 6) is -1.16. The summed E-state index contributed by atoms with van der Waals surface area (Å²) in [6.45, 7) is -0.613. The first-order valence-corrected chi connectivity index (χ1v) is 8.59. The summed E-state index contributed by atoms with van der Waals surface area (Å²) in [6.07, 6.45) is -4.98. The number of imidazole rings is 1. The molecule has 16 heteroatoms. The van der Waals surface area contributed by atoms with Gasteiger partial charge in [-0.25, -0.2) is 4.57 Å². The SMILES string of the molecule is Nc1nc2c(nc([N+](=O)[O-])n2[C@@H]2O[C@H](CO)C3OP(=O)(O)O[C@@H]32)c(=O)[nH]1. The second-order valence-corrected chi connectivity index (χ2v) is 6.88. The smallest absolute Gasteiger partial charge is 0.394 e. The normalized spacial score (nSPS) is 33.6. The first kappa shape index (κ1) is 17.0. The van der Waals surface area contributed by atoms with E-state index in [2.05, 4.69) is 15.0 Å². The minimum absolute atomic E-state index is 0.288. The highest BCUT2D eigenvalue weighted by Crippen LogP contribution is 2.58. The average Bonchev–Trinajstić information content (AvgIpc) is 3.15. The molecule has 0 saturated carbocycles. The van der Waals surface area contributed by atoms with Crippen LogP contribution < -0.4 is 11.3 Å². The van der Waals surface area contributed by atoms with E-state index in [4.69, 9.17) is 19.5 Å². The van der Waals surface area contributed by atoms with Crippen molar-refractivity contribution in [3.05, 3.63) is 20.5 Å². The number of aromatic nitrogens is 4. The summed E-state index contributed by atoms with van der Waals surface area (Å²) < 4.78 is 27.8. The predicted octanol–water partition coefficient (Wildman–Crippen LogP) is -1.62. The minimum Gasteiger partial charge on any atom is -0.394 e. The summed E-state index contributed by atoms with van der Waals surface area (Å²) in [4.78, 5) is 41.6. The molecule has 0 amide bonds. The zero-order valence-corrected chi connectivity index (χ0v) is 13.5. The van der Waals surface area contributed by atoms with Crippen LogP contribution in [0.5, 0.6) is 0 Å². The standard InChI is InChI=1S/C10H11N6O9P/c11-9-13-6-3(7(18)14-9)12-10(16(19)20)15(6)8-5-4(2(1-17)23-8)24-26(21,22)25-5/h2,4-5,8,17H,1H2,(H,21,22)(H3,11,13,14,18)/t2-,4?,5+,8-/m1/s1. The number of ether oxygens (including phenoxy) is 1. The van der Waals surface area contributed by atoms with Gasteiger partial charge in [-0.1, -0.05) is 4.98 Å². The number of aromatic amines is 1. The highest BCUT2D eigenvalue weighted by Gasteiger charge is 2.60. The Balaban J connectivity index is 1.93. The molecule has 2 aliphatic rings. The van der Waals surface area contributed by atoms with Crippen LogP contribution >= 0.6 is 7.82 Å². The van der Waals surface area contributed by atoms with E-state index in [0.717, 1.165) is 4.57 Å². The Morgan fingerprint density at radius 1 is 1.38 bits per heavy atom. The Morgan fingerprint density at radius 2 is 2.08 bits per heavy atom. The Hall–Kier alpha value is -2.42. The van der Waals surface area contributed by atoms with Crippen molar-refractivity contribution in [1.82, 2.24) is 19.5 Å². The topological polar surface area (TPSA) is 218 Å². The molecule has 5 atom stereocenters. The number of hydrogen-bond donors (Lipinski definition) is 4. The third-order valence-corrected chi connectivity index (χ3v) is 4.96. The molecule has 0 bridgehead atoms. The number of H-pyrrole nitrogens is 1. The van der Waals surface area contributed by atoms with E-state index >= 15 is 0 Å². The third kappa shape index (κ3) is 2.41. The maximum atomic E-state index is 12.0. The molecular formula is C10H11N6O9P. The van der Waals surface area contributed by atoms with Gasteiger partial charge < -0.3 is 30.6 Å².